The third-order valence-corrected chi connectivity index (χ3v) is 6.04. The number of nitrogens with zero attached hydrogens (tertiary/aromatic N) is 1. The SMILES string of the molecule is CC1(C)CSCC(C#N)(Nc2ccc(Cl)c(Br)c2)C1. The molecule has 1 atom stereocenters. The largest absolute Gasteiger partial charge is 0.367 e. The number of hydrogen-bond acceptors (Lipinski definition) is 3. The monoisotopic (exact) mass is 358 g/mol. The first-order valence-electron chi connectivity index (χ1n) is 6.08. The summed E-state index contributed by atoms with van der Waals surface area (Å²) in [7, 11) is 0. The zero-order valence-electron chi connectivity index (χ0n) is 11.0. The number of thioether (sulfide) groups is 1. The Balaban J connectivity index is 2.23. The van der Waals surface area contributed by atoms with Crippen LogP contribution in [0.5, 0.6) is 0 Å². The highest BCUT2D eigenvalue weighted by atomic mass is 79.9. The second kappa shape index (κ2) is 5.55. The standard InChI is InChI=1S/C14H16BrClN2S/c1-13(2)6-14(7-17,9-19-8-13)18-10-3-4-12(16)11(15)5-10/h3-5,18H,6,8-9H2,1-2H3. The van der Waals surface area contributed by atoms with Gasteiger partial charge < -0.3 is 5.32 Å². The lowest BCUT2D eigenvalue weighted by Crippen LogP contribution is -2.47. The molecule has 0 radical (unpaired) electrons. The van der Waals surface area contributed by atoms with Gasteiger partial charge in [0.25, 0.3) is 0 Å². The summed E-state index contributed by atoms with van der Waals surface area (Å²) in [5.74, 6) is 1.91. The van der Waals surface area contributed by atoms with E-state index >= 15 is 0 Å². The Bertz CT molecular complexity index is 527. The molecule has 0 aliphatic carbocycles. The first-order chi connectivity index (χ1) is 8.86. The number of anilines is 1. The highest BCUT2D eigenvalue weighted by Crippen LogP contribution is 2.41. The van der Waals surface area contributed by atoms with Gasteiger partial charge in [0.1, 0.15) is 5.54 Å². The molecule has 0 saturated carbocycles. The number of nitriles is 1. The van der Waals surface area contributed by atoms with Crippen LogP contribution in [0.2, 0.25) is 5.02 Å². The van der Waals surface area contributed by atoms with Crippen molar-refractivity contribution >= 4 is 45.0 Å². The van der Waals surface area contributed by atoms with Gasteiger partial charge in [-0.3, -0.25) is 0 Å². The van der Waals surface area contributed by atoms with Gasteiger partial charge in [-0.15, -0.1) is 0 Å². The minimum Gasteiger partial charge on any atom is -0.367 e. The molecule has 5 heteroatoms. The average molecular weight is 360 g/mol. The molecule has 2 nitrogen and oxygen atoms in total. The minimum atomic E-state index is -0.500. The van der Waals surface area contributed by atoms with Gasteiger partial charge in [0, 0.05) is 15.9 Å². The Labute approximate surface area is 132 Å². The Morgan fingerprint density at radius 3 is 2.74 bits per heavy atom. The van der Waals surface area contributed by atoms with Gasteiger partial charge in [-0.25, -0.2) is 0 Å². The maximum absolute atomic E-state index is 9.60. The van der Waals surface area contributed by atoms with Gasteiger partial charge in [-0.2, -0.15) is 17.0 Å². The van der Waals surface area contributed by atoms with Crippen molar-refractivity contribution in [2.24, 2.45) is 5.41 Å². The van der Waals surface area contributed by atoms with Crippen molar-refractivity contribution in [2.45, 2.75) is 25.8 Å². The summed E-state index contributed by atoms with van der Waals surface area (Å²) < 4.78 is 0.843. The van der Waals surface area contributed by atoms with Crippen molar-refractivity contribution in [2.75, 3.05) is 16.8 Å². The van der Waals surface area contributed by atoms with Crippen LogP contribution in [0.15, 0.2) is 22.7 Å². The fourth-order valence-electron chi connectivity index (χ4n) is 2.45. The molecule has 0 aromatic heterocycles. The first-order valence-corrected chi connectivity index (χ1v) is 8.41. The molecular formula is C14H16BrClN2S. The molecule has 1 fully saturated rings. The molecule has 1 N–H and O–H groups in total. The second-order valence-corrected chi connectivity index (χ2v) is 8.03. The third kappa shape index (κ3) is 3.59. The van der Waals surface area contributed by atoms with Gasteiger partial charge in [0.15, 0.2) is 0 Å². The van der Waals surface area contributed by atoms with Crippen LogP contribution >= 0.6 is 39.3 Å². The van der Waals surface area contributed by atoms with E-state index < -0.39 is 5.54 Å². The van der Waals surface area contributed by atoms with Gasteiger partial charge in [0.2, 0.25) is 0 Å². The van der Waals surface area contributed by atoms with Crippen LogP contribution in [-0.4, -0.2) is 17.0 Å². The van der Waals surface area contributed by atoms with E-state index in [1.165, 1.54) is 0 Å². The zero-order chi connectivity index (χ0) is 14.1. The van der Waals surface area contributed by atoms with Crippen molar-refractivity contribution in [1.82, 2.24) is 0 Å². The molecule has 1 aliphatic heterocycles. The molecule has 1 aliphatic rings. The molecule has 2 rings (SSSR count). The molecule has 1 unspecified atom stereocenters. The Hall–Kier alpha value is -0.370. The summed E-state index contributed by atoms with van der Waals surface area (Å²) in [6.45, 7) is 4.43. The first kappa shape index (κ1) is 15.0. The van der Waals surface area contributed by atoms with E-state index in [9.17, 15) is 5.26 Å². The normalized spacial score (nSPS) is 25.6. The predicted molar refractivity (Wildman–Crippen MR) is 86.8 cm³/mol. The van der Waals surface area contributed by atoms with Gasteiger partial charge in [-0.1, -0.05) is 25.4 Å². The number of benzene rings is 1. The smallest absolute Gasteiger partial charge is 0.135 e. The lowest BCUT2D eigenvalue weighted by molar-refractivity contribution is 0.324. The number of hydrogen-bond donors (Lipinski definition) is 1. The fourth-order valence-corrected chi connectivity index (χ4v) is 4.29. The van der Waals surface area contributed by atoms with Crippen molar-refractivity contribution in [3.8, 4) is 6.07 Å². The molecule has 1 aromatic rings. The van der Waals surface area contributed by atoms with Crippen LogP contribution in [0.1, 0.15) is 20.3 Å². The van der Waals surface area contributed by atoms with E-state index in [0.717, 1.165) is 28.1 Å². The van der Waals surface area contributed by atoms with Gasteiger partial charge in [-0.05, 0) is 51.7 Å². The van der Waals surface area contributed by atoms with Crippen molar-refractivity contribution in [1.29, 1.82) is 5.26 Å². The lowest BCUT2D eigenvalue weighted by Gasteiger charge is -2.41. The average Bonchev–Trinajstić information content (AvgIpc) is 2.33. The molecule has 1 heterocycles. The van der Waals surface area contributed by atoms with Crippen molar-refractivity contribution in [3.05, 3.63) is 27.7 Å². The Kier molecular flexibility index (Phi) is 4.39. The van der Waals surface area contributed by atoms with Gasteiger partial charge in [0.05, 0.1) is 11.1 Å². The van der Waals surface area contributed by atoms with E-state index in [0.29, 0.717) is 5.02 Å². The molecule has 19 heavy (non-hydrogen) atoms. The molecule has 1 aromatic carbocycles. The number of halogens is 2. The highest BCUT2D eigenvalue weighted by Gasteiger charge is 2.40. The molecule has 0 amide bonds. The van der Waals surface area contributed by atoms with Crippen LogP contribution in [0.4, 0.5) is 5.69 Å². The Morgan fingerprint density at radius 1 is 1.42 bits per heavy atom. The van der Waals surface area contributed by atoms with Crippen LogP contribution in [0.25, 0.3) is 0 Å². The van der Waals surface area contributed by atoms with Crippen LogP contribution in [0, 0.1) is 16.7 Å². The molecule has 0 bridgehead atoms. The molecular weight excluding hydrogens is 344 g/mol. The van der Waals surface area contributed by atoms with E-state index in [1.54, 1.807) is 0 Å². The number of nitrogens with one attached hydrogen (secondary N) is 1. The van der Waals surface area contributed by atoms with E-state index in [-0.39, 0.29) is 5.41 Å². The highest BCUT2D eigenvalue weighted by molar-refractivity contribution is 9.10. The summed E-state index contributed by atoms with van der Waals surface area (Å²) in [6.07, 6.45) is 0.851. The summed E-state index contributed by atoms with van der Waals surface area (Å²) >= 11 is 11.2. The molecule has 0 spiro atoms. The zero-order valence-corrected chi connectivity index (χ0v) is 14.1. The summed E-state index contributed by atoms with van der Waals surface area (Å²) in [5.41, 5.74) is 0.603. The fraction of sp³-hybridized carbons (Fsp3) is 0.500. The van der Waals surface area contributed by atoms with E-state index in [2.05, 4.69) is 41.2 Å². The quantitative estimate of drug-likeness (QED) is 0.812. The topological polar surface area (TPSA) is 35.8 Å². The molecule has 102 valence electrons. The predicted octanol–water partition coefficient (Wildman–Crippen LogP) is 4.94. The third-order valence-electron chi connectivity index (χ3n) is 3.14. The minimum absolute atomic E-state index is 0.176. The molecule has 1 saturated heterocycles. The van der Waals surface area contributed by atoms with E-state index in [4.69, 9.17) is 11.6 Å². The van der Waals surface area contributed by atoms with Crippen molar-refractivity contribution < 1.29 is 0 Å². The van der Waals surface area contributed by atoms with Crippen LogP contribution < -0.4 is 5.32 Å². The second-order valence-electron chi connectivity index (χ2n) is 5.78. The maximum Gasteiger partial charge on any atom is 0.135 e. The maximum atomic E-state index is 9.60. The van der Waals surface area contributed by atoms with Crippen molar-refractivity contribution in [3.63, 3.8) is 0 Å². The Morgan fingerprint density at radius 2 is 2.16 bits per heavy atom. The van der Waals surface area contributed by atoms with Crippen LogP contribution in [0.3, 0.4) is 0 Å². The lowest BCUT2D eigenvalue weighted by atomic mass is 9.80. The summed E-state index contributed by atoms with van der Waals surface area (Å²) in [5, 5.41) is 13.7. The van der Waals surface area contributed by atoms with E-state index in [1.807, 2.05) is 30.0 Å². The van der Waals surface area contributed by atoms with Gasteiger partial charge >= 0.3 is 0 Å². The summed E-state index contributed by atoms with van der Waals surface area (Å²) in [4.78, 5) is 0. The van der Waals surface area contributed by atoms with Crippen LogP contribution in [-0.2, 0) is 0 Å². The number of rotatable bonds is 2. The summed E-state index contributed by atoms with van der Waals surface area (Å²) in [6, 6.07) is 8.15.